The molecule has 0 heterocycles. The number of carbonyl (C=O) groups excluding carboxylic acids is 1. The third-order valence-electron chi connectivity index (χ3n) is 4.41. The standard InChI is InChI=1S/C16H24N2O3/c1-11-6-8-16(10-19,9-7-11)18-15(20)12-4-3-5-13(17)14(12)21-2/h3-5,11,19H,6-10,17H2,1-2H3,(H,18,20). The van der Waals surface area contributed by atoms with Crippen LogP contribution in [0.25, 0.3) is 0 Å². The molecule has 5 heteroatoms. The predicted molar refractivity (Wildman–Crippen MR) is 82.3 cm³/mol. The molecular weight excluding hydrogens is 268 g/mol. The van der Waals surface area contributed by atoms with Crippen LogP contribution in [0.1, 0.15) is 43.0 Å². The number of nitrogens with one attached hydrogen (secondary N) is 1. The van der Waals surface area contributed by atoms with Gasteiger partial charge in [0, 0.05) is 0 Å². The molecule has 1 aromatic rings. The van der Waals surface area contributed by atoms with Gasteiger partial charge in [-0.25, -0.2) is 0 Å². The summed E-state index contributed by atoms with van der Waals surface area (Å²) in [6.07, 6.45) is 3.60. The van der Waals surface area contributed by atoms with Crippen LogP contribution in [0.5, 0.6) is 5.75 Å². The van der Waals surface area contributed by atoms with E-state index in [9.17, 15) is 9.90 Å². The Kier molecular flexibility index (Phi) is 4.73. The number of aliphatic hydroxyl groups excluding tert-OH is 1. The number of hydrogen-bond donors (Lipinski definition) is 3. The Balaban J connectivity index is 2.19. The molecule has 1 amide bonds. The first-order valence-corrected chi connectivity index (χ1v) is 7.37. The first-order valence-electron chi connectivity index (χ1n) is 7.37. The van der Waals surface area contributed by atoms with Crippen LogP contribution in [-0.2, 0) is 0 Å². The van der Waals surface area contributed by atoms with Crippen LogP contribution in [0.15, 0.2) is 18.2 Å². The lowest BCUT2D eigenvalue weighted by Gasteiger charge is -2.38. The zero-order valence-electron chi connectivity index (χ0n) is 12.7. The Hall–Kier alpha value is -1.75. The van der Waals surface area contributed by atoms with Crippen molar-refractivity contribution in [2.24, 2.45) is 5.92 Å². The topological polar surface area (TPSA) is 84.6 Å². The molecule has 5 nitrogen and oxygen atoms in total. The highest BCUT2D eigenvalue weighted by atomic mass is 16.5. The largest absolute Gasteiger partial charge is 0.494 e. The van der Waals surface area contributed by atoms with Crippen molar-refractivity contribution in [3.05, 3.63) is 23.8 Å². The summed E-state index contributed by atoms with van der Waals surface area (Å²) in [6.45, 7) is 2.15. The summed E-state index contributed by atoms with van der Waals surface area (Å²) in [7, 11) is 1.49. The second-order valence-electron chi connectivity index (χ2n) is 6.00. The van der Waals surface area contributed by atoms with Crippen LogP contribution in [0, 0.1) is 5.92 Å². The van der Waals surface area contributed by atoms with Gasteiger partial charge >= 0.3 is 0 Å². The summed E-state index contributed by atoms with van der Waals surface area (Å²) >= 11 is 0. The van der Waals surface area contributed by atoms with Gasteiger partial charge in [0.15, 0.2) is 5.75 Å². The molecule has 0 aromatic heterocycles. The maximum absolute atomic E-state index is 12.5. The van der Waals surface area contributed by atoms with E-state index in [4.69, 9.17) is 10.5 Å². The number of rotatable bonds is 4. The average molecular weight is 292 g/mol. The number of aliphatic hydroxyl groups is 1. The summed E-state index contributed by atoms with van der Waals surface area (Å²) < 4.78 is 5.22. The van der Waals surface area contributed by atoms with E-state index < -0.39 is 5.54 Å². The van der Waals surface area contributed by atoms with Crippen molar-refractivity contribution < 1.29 is 14.6 Å². The molecule has 0 saturated heterocycles. The molecule has 0 unspecified atom stereocenters. The molecule has 1 saturated carbocycles. The molecule has 21 heavy (non-hydrogen) atoms. The average Bonchev–Trinajstić information content (AvgIpc) is 2.49. The van der Waals surface area contributed by atoms with Gasteiger partial charge in [-0.3, -0.25) is 4.79 Å². The van der Waals surface area contributed by atoms with Gasteiger partial charge in [0.05, 0.1) is 30.5 Å². The summed E-state index contributed by atoms with van der Waals surface area (Å²) in [5.74, 6) is 0.776. The fraction of sp³-hybridized carbons (Fsp3) is 0.562. The SMILES string of the molecule is COc1c(N)cccc1C(=O)NC1(CO)CCC(C)CC1. The van der Waals surface area contributed by atoms with Gasteiger partial charge in [0.2, 0.25) is 0 Å². The minimum atomic E-state index is -0.529. The molecule has 2 rings (SSSR count). The van der Waals surface area contributed by atoms with Crippen molar-refractivity contribution in [3.63, 3.8) is 0 Å². The number of amides is 1. The highest BCUT2D eigenvalue weighted by molar-refractivity contribution is 5.99. The van der Waals surface area contributed by atoms with Crippen LogP contribution in [-0.4, -0.2) is 30.3 Å². The highest BCUT2D eigenvalue weighted by Crippen LogP contribution is 2.33. The lowest BCUT2D eigenvalue weighted by molar-refractivity contribution is 0.0714. The van der Waals surface area contributed by atoms with E-state index in [1.807, 2.05) is 0 Å². The van der Waals surface area contributed by atoms with E-state index in [0.29, 0.717) is 22.9 Å². The number of ether oxygens (including phenoxy) is 1. The highest BCUT2D eigenvalue weighted by Gasteiger charge is 2.35. The number of hydrogen-bond acceptors (Lipinski definition) is 4. The van der Waals surface area contributed by atoms with Crippen molar-refractivity contribution in [1.82, 2.24) is 5.32 Å². The molecule has 1 aliphatic carbocycles. The zero-order chi connectivity index (χ0) is 15.5. The van der Waals surface area contributed by atoms with E-state index in [-0.39, 0.29) is 12.5 Å². The smallest absolute Gasteiger partial charge is 0.255 e. The Morgan fingerprint density at radius 2 is 2.14 bits per heavy atom. The van der Waals surface area contributed by atoms with Gasteiger partial charge < -0.3 is 20.9 Å². The second kappa shape index (κ2) is 6.35. The molecule has 1 aromatic carbocycles. The van der Waals surface area contributed by atoms with Crippen LogP contribution in [0.4, 0.5) is 5.69 Å². The first-order chi connectivity index (χ1) is 10.0. The maximum Gasteiger partial charge on any atom is 0.255 e. The van der Waals surface area contributed by atoms with E-state index >= 15 is 0 Å². The van der Waals surface area contributed by atoms with Gasteiger partial charge in [-0.2, -0.15) is 0 Å². The maximum atomic E-state index is 12.5. The number of anilines is 1. The van der Waals surface area contributed by atoms with Crippen LogP contribution >= 0.6 is 0 Å². The lowest BCUT2D eigenvalue weighted by Crippen LogP contribution is -2.53. The minimum Gasteiger partial charge on any atom is -0.494 e. The Labute approximate surface area is 125 Å². The number of methoxy groups -OCH3 is 1. The molecule has 1 aliphatic rings. The fourth-order valence-corrected chi connectivity index (χ4v) is 2.91. The van der Waals surface area contributed by atoms with Gasteiger partial charge in [-0.1, -0.05) is 13.0 Å². The predicted octanol–water partition coefficient (Wildman–Crippen LogP) is 1.95. The Morgan fingerprint density at radius 3 is 2.71 bits per heavy atom. The number of carbonyl (C=O) groups is 1. The van der Waals surface area contributed by atoms with Gasteiger partial charge in [-0.05, 0) is 43.7 Å². The number of para-hydroxylation sites is 1. The van der Waals surface area contributed by atoms with Crippen LogP contribution in [0.2, 0.25) is 0 Å². The molecule has 0 aliphatic heterocycles. The van der Waals surface area contributed by atoms with E-state index in [2.05, 4.69) is 12.2 Å². The van der Waals surface area contributed by atoms with E-state index in [1.165, 1.54) is 7.11 Å². The molecule has 0 atom stereocenters. The van der Waals surface area contributed by atoms with Gasteiger partial charge in [-0.15, -0.1) is 0 Å². The zero-order valence-corrected chi connectivity index (χ0v) is 12.7. The Morgan fingerprint density at radius 1 is 1.48 bits per heavy atom. The first kappa shape index (κ1) is 15.6. The third kappa shape index (κ3) is 3.29. The molecule has 4 N–H and O–H groups in total. The minimum absolute atomic E-state index is 0.0455. The van der Waals surface area contributed by atoms with Crippen molar-refractivity contribution in [1.29, 1.82) is 0 Å². The second-order valence-corrected chi connectivity index (χ2v) is 6.00. The van der Waals surface area contributed by atoms with E-state index in [0.717, 1.165) is 25.7 Å². The monoisotopic (exact) mass is 292 g/mol. The summed E-state index contributed by atoms with van der Waals surface area (Å²) in [6, 6.07) is 5.10. The number of benzene rings is 1. The number of nitrogen functional groups attached to an aromatic ring is 1. The summed E-state index contributed by atoms with van der Waals surface area (Å²) in [5, 5.41) is 12.7. The molecular formula is C16H24N2O3. The normalized spacial score (nSPS) is 25.4. The van der Waals surface area contributed by atoms with Gasteiger partial charge in [0.1, 0.15) is 0 Å². The fourth-order valence-electron chi connectivity index (χ4n) is 2.91. The van der Waals surface area contributed by atoms with Crippen LogP contribution in [0.3, 0.4) is 0 Å². The number of nitrogens with two attached hydrogens (primary N) is 1. The molecule has 0 bridgehead atoms. The molecule has 116 valence electrons. The summed E-state index contributed by atoms with van der Waals surface area (Å²) in [5.41, 5.74) is 6.14. The van der Waals surface area contributed by atoms with Crippen molar-refractivity contribution in [2.45, 2.75) is 38.1 Å². The molecule has 1 fully saturated rings. The third-order valence-corrected chi connectivity index (χ3v) is 4.41. The molecule has 0 radical (unpaired) electrons. The lowest BCUT2D eigenvalue weighted by atomic mass is 9.77. The van der Waals surface area contributed by atoms with Crippen LogP contribution < -0.4 is 15.8 Å². The Bertz CT molecular complexity index is 508. The van der Waals surface area contributed by atoms with Gasteiger partial charge in [0.25, 0.3) is 5.91 Å². The van der Waals surface area contributed by atoms with Crippen molar-refractivity contribution >= 4 is 11.6 Å². The quantitative estimate of drug-likeness (QED) is 0.741. The molecule has 0 spiro atoms. The van der Waals surface area contributed by atoms with Crippen molar-refractivity contribution in [3.8, 4) is 5.75 Å². The summed E-state index contributed by atoms with van der Waals surface area (Å²) in [4.78, 5) is 12.5. The van der Waals surface area contributed by atoms with Crippen molar-refractivity contribution in [2.75, 3.05) is 19.5 Å². The van der Waals surface area contributed by atoms with E-state index in [1.54, 1.807) is 18.2 Å².